The molecule has 1 aromatic rings. The van der Waals surface area contributed by atoms with Gasteiger partial charge in [0.2, 0.25) is 0 Å². The minimum atomic E-state index is -0.755. The lowest BCUT2D eigenvalue weighted by molar-refractivity contribution is -0.140. The Bertz CT molecular complexity index is 370. The lowest BCUT2D eigenvalue weighted by Gasteiger charge is -2.28. The van der Waals surface area contributed by atoms with Crippen LogP contribution < -0.4 is 0 Å². The van der Waals surface area contributed by atoms with Gasteiger partial charge >= 0.3 is 5.97 Å². The van der Waals surface area contributed by atoms with E-state index in [0.29, 0.717) is 25.6 Å². The Morgan fingerprint density at radius 3 is 2.50 bits per heavy atom. The molecule has 3 nitrogen and oxygen atoms in total. The van der Waals surface area contributed by atoms with E-state index in [1.54, 1.807) is 0 Å². The molecule has 1 aliphatic rings. The fourth-order valence-electron chi connectivity index (χ4n) is 1.83. The summed E-state index contributed by atoms with van der Waals surface area (Å²) in [5.74, 6) is -0.777. The van der Waals surface area contributed by atoms with Crippen LogP contribution in [0.5, 0.6) is 0 Å². The summed E-state index contributed by atoms with van der Waals surface area (Å²) in [6.45, 7) is 1.39. The molecule has 1 atom stereocenters. The molecule has 0 spiro atoms. The molecule has 0 bridgehead atoms. The number of aliphatic carboxylic acids is 1. The predicted octanol–water partition coefficient (Wildman–Crippen LogP) is 2.65. The van der Waals surface area contributed by atoms with Crippen LogP contribution >= 0.6 is 15.9 Å². The third-order valence-corrected chi connectivity index (χ3v) is 3.38. The van der Waals surface area contributed by atoms with Crippen LogP contribution in [0.3, 0.4) is 0 Å². The van der Waals surface area contributed by atoms with E-state index >= 15 is 0 Å². The first-order valence-electron chi connectivity index (χ1n) is 5.23. The fraction of sp³-hybridized carbons (Fsp3) is 0.417. The third kappa shape index (κ3) is 2.62. The molecule has 0 saturated carbocycles. The second-order valence-corrected chi connectivity index (χ2v) is 5.00. The highest BCUT2D eigenvalue weighted by molar-refractivity contribution is 9.10. The quantitative estimate of drug-likeness (QED) is 0.925. The molecule has 1 N–H and O–H groups in total. The molecule has 0 aromatic heterocycles. The Morgan fingerprint density at radius 2 is 2.06 bits per heavy atom. The van der Waals surface area contributed by atoms with Crippen molar-refractivity contribution in [3.63, 3.8) is 0 Å². The van der Waals surface area contributed by atoms with Crippen LogP contribution in [-0.2, 0) is 9.53 Å². The standard InChI is InChI=1S/C12H13BrO3/c13-10-3-1-9(2-4-10)11(12(14)15)5-8-6-16-7-8/h1-4,8,11H,5-7H2,(H,14,15). The maximum Gasteiger partial charge on any atom is 0.310 e. The van der Waals surface area contributed by atoms with Gasteiger partial charge in [-0.1, -0.05) is 28.1 Å². The highest BCUT2D eigenvalue weighted by Crippen LogP contribution is 2.28. The second kappa shape index (κ2) is 4.97. The van der Waals surface area contributed by atoms with E-state index in [1.165, 1.54) is 0 Å². The summed E-state index contributed by atoms with van der Waals surface area (Å²) in [5, 5.41) is 9.21. The zero-order chi connectivity index (χ0) is 11.5. The van der Waals surface area contributed by atoms with Crippen molar-refractivity contribution in [2.45, 2.75) is 12.3 Å². The number of hydrogen-bond donors (Lipinski definition) is 1. The minimum Gasteiger partial charge on any atom is -0.481 e. The summed E-state index contributed by atoms with van der Waals surface area (Å²) in [4.78, 5) is 11.2. The Morgan fingerprint density at radius 1 is 1.44 bits per heavy atom. The van der Waals surface area contributed by atoms with Crippen molar-refractivity contribution in [1.29, 1.82) is 0 Å². The molecule has 0 aliphatic carbocycles. The lowest BCUT2D eigenvalue weighted by atomic mass is 9.88. The summed E-state index contributed by atoms with van der Waals surface area (Å²) in [6.07, 6.45) is 0.664. The smallest absolute Gasteiger partial charge is 0.310 e. The van der Waals surface area contributed by atoms with Gasteiger partial charge in [0.25, 0.3) is 0 Å². The van der Waals surface area contributed by atoms with Crippen LogP contribution in [-0.4, -0.2) is 24.3 Å². The van der Waals surface area contributed by atoms with Crippen molar-refractivity contribution in [1.82, 2.24) is 0 Å². The van der Waals surface area contributed by atoms with E-state index in [9.17, 15) is 9.90 Å². The Kier molecular flexibility index (Phi) is 3.61. The first-order chi connectivity index (χ1) is 7.66. The summed E-state index contributed by atoms with van der Waals surface area (Å²) in [5.41, 5.74) is 0.864. The second-order valence-electron chi connectivity index (χ2n) is 4.08. The Balaban J connectivity index is 2.11. The van der Waals surface area contributed by atoms with Gasteiger partial charge in [0.15, 0.2) is 0 Å². The monoisotopic (exact) mass is 284 g/mol. The number of carboxylic acids is 1. The van der Waals surface area contributed by atoms with Crippen LogP contribution in [0.1, 0.15) is 17.9 Å². The molecule has 4 heteroatoms. The zero-order valence-electron chi connectivity index (χ0n) is 8.73. The highest BCUT2D eigenvalue weighted by atomic mass is 79.9. The van der Waals surface area contributed by atoms with Gasteiger partial charge in [-0.15, -0.1) is 0 Å². The van der Waals surface area contributed by atoms with Crippen molar-refractivity contribution in [3.8, 4) is 0 Å². The van der Waals surface area contributed by atoms with Crippen molar-refractivity contribution in [2.24, 2.45) is 5.92 Å². The van der Waals surface area contributed by atoms with Crippen LogP contribution in [0, 0.1) is 5.92 Å². The van der Waals surface area contributed by atoms with Crippen LogP contribution in [0.2, 0.25) is 0 Å². The number of carboxylic acid groups (broad SMARTS) is 1. The van der Waals surface area contributed by atoms with Crippen molar-refractivity contribution >= 4 is 21.9 Å². The first-order valence-corrected chi connectivity index (χ1v) is 6.02. The Labute approximate surface area is 103 Å². The van der Waals surface area contributed by atoms with Gasteiger partial charge in [-0.05, 0) is 24.1 Å². The van der Waals surface area contributed by atoms with Gasteiger partial charge in [0, 0.05) is 10.4 Å². The Hall–Kier alpha value is -0.870. The maximum atomic E-state index is 11.2. The van der Waals surface area contributed by atoms with Crippen molar-refractivity contribution in [2.75, 3.05) is 13.2 Å². The van der Waals surface area contributed by atoms with Gasteiger partial charge in [0.1, 0.15) is 0 Å². The van der Waals surface area contributed by atoms with E-state index in [0.717, 1.165) is 10.0 Å². The number of carbonyl (C=O) groups is 1. The highest BCUT2D eigenvalue weighted by Gasteiger charge is 2.28. The SMILES string of the molecule is O=C(O)C(CC1COC1)c1ccc(Br)cc1. The first kappa shape index (κ1) is 11.6. The van der Waals surface area contributed by atoms with Crippen molar-refractivity contribution in [3.05, 3.63) is 34.3 Å². The molecule has 0 radical (unpaired) electrons. The van der Waals surface area contributed by atoms with E-state index in [-0.39, 0.29) is 0 Å². The summed E-state index contributed by atoms with van der Waals surface area (Å²) < 4.78 is 6.04. The summed E-state index contributed by atoms with van der Waals surface area (Å²) in [7, 11) is 0. The molecular formula is C12H13BrO3. The van der Waals surface area contributed by atoms with Crippen LogP contribution in [0.4, 0.5) is 0 Å². The topological polar surface area (TPSA) is 46.5 Å². The molecule has 0 amide bonds. The van der Waals surface area contributed by atoms with Crippen LogP contribution in [0.15, 0.2) is 28.7 Å². The van der Waals surface area contributed by atoms with E-state index in [1.807, 2.05) is 24.3 Å². The molecule has 1 fully saturated rings. The van der Waals surface area contributed by atoms with E-state index < -0.39 is 11.9 Å². The third-order valence-electron chi connectivity index (χ3n) is 2.85. The van der Waals surface area contributed by atoms with E-state index in [2.05, 4.69) is 15.9 Å². The number of ether oxygens (including phenoxy) is 1. The average molecular weight is 285 g/mol. The molecular weight excluding hydrogens is 272 g/mol. The van der Waals surface area contributed by atoms with E-state index in [4.69, 9.17) is 4.74 Å². The van der Waals surface area contributed by atoms with Crippen molar-refractivity contribution < 1.29 is 14.6 Å². The predicted molar refractivity (Wildman–Crippen MR) is 63.4 cm³/mol. The molecule has 1 heterocycles. The number of hydrogen-bond acceptors (Lipinski definition) is 2. The van der Waals surface area contributed by atoms with Gasteiger partial charge < -0.3 is 9.84 Å². The van der Waals surface area contributed by atoms with Gasteiger partial charge in [-0.3, -0.25) is 4.79 Å². The maximum absolute atomic E-state index is 11.2. The molecule has 86 valence electrons. The fourth-order valence-corrected chi connectivity index (χ4v) is 2.09. The molecule has 2 rings (SSSR count). The van der Waals surface area contributed by atoms with Gasteiger partial charge in [-0.2, -0.15) is 0 Å². The largest absolute Gasteiger partial charge is 0.481 e. The van der Waals surface area contributed by atoms with Gasteiger partial charge in [0.05, 0.1) is 19.1 Å². The molecule has 16 heavy (non-hydrogen) atoms. The summed E-state index contributed by atoms with van der Waals surface area (Å²) >= 11 is 3.34. The molecule has 1 aliphatic heterocycles. The van der Waals surface area contributed by atoms with Gasteiger partial charge in [-0.25, -0.2) is 0 Å². The van der Waals surface area contributed by atoms with Crippen LogP contribution in [0.25, 0.3) is 0 Å². The number of halogens is 1. The normalized spacial score (nSPS) is 17.8. The molecule has 1 unspecified atom stereocenters. The number of benzene rings is 1. The zero-order valence-corrected chi connectivity index (χ0v) is 10.3. The molecule has 1 saturated heterocycles. The minimum absolute atomic E-state index is 0.393. The summed E-state index contributed by atoms with van der Waals surface area (Å²) in [6, 6.07) is 7.48. The molecule has 1 aromatic carbocycles. The number of rotatable bonds is 4. The lowest BCUT2D eigenvalue weighted by Crippen LogP contribution is -2.30. The average Bonchev–Trinajstić information content (AvgIpc) is 2.18.